The first-order valence-electron chi connectivity index (χ1n) is 3.75. The predicted molar refractivity (Wildman–Crippen MR) is 46.2 cm³/mol. The molecule has 0 amide bonds. The summed E-state index contributed by atoms with van der Waals surface area (Å²) in [5, 5.41) is 3.30. The van der Waals surface area contributed by atoms with Crippen molar-refractivity contribution < 1.29 is 4.74 Å². The van der Waals surface area contributed by atoms with Gasteiger partial charge in [0.1, 0.15) is 0 Å². The van der Waals surface area contributed by atoms with Crippen molar-refractivity contribution in [2.24, 2.45) is 0 Å². The molecule has 1 aliphatic rings. The van der Waals surface area contributed by atoms with E-state index < -0.39 is 0 Å². The Morgan fingerprint density at radius 2 is 2.27 bits per heavy atom. The number of rotatable bonds is 1. The minimum Gasteiger partial charge on any atom is -0.378 e. The quantitative estimate of drug-likeness (QED) is 0.628. The minimum atomic E-state index is 0.853. The second kappa shape index (κ2) is 3.24. The van der Waals surface area contributed by atoms with Crippen LogP contribution in [0.2, 0.25) is 0 Å². The third-order valence-corrected chi connectivity index (χ3v) is 2.62. The Bertz CT molecular complexity index is 204. The molecule has 0 saturated carbocycles. The van der Waals surface area contributed by atoms with E-state index in [0.29, 0.717) is 0 Å². The van der Waals surface area contributed by atoms with Gasteiger partial charge in [-0.25, -0.2) is 0 Å². The standard InChI is InChI=1S/C8H10NOS/c1-2-8(11-7-1)9-3-5-10-6-4-9/h1,7H,3-6H2. The number of ether oxygens (including phenoxy) is 1. The molecule has 1 radical (unpaired) electrons. The van der Waals surface area contributed by atoms with E-state index in [9.17, 15) is 0 Å². The topological polar surface area (TPSA) is 12.5 Å². The summed E-state index contributed by atoms with van der Waals surface area (Å²) in [5.41, 5.74) is 0. The highest BCUT2D eigenvalue weighted by Gasteiger charge is 2.10. The van der Waals surface area contributed by atoms with Gasteiger partial charge in [-0.2, -0.15) is 0 Å². The molecule has 1 aliphatic heterocycles. The van der Waals surface area contributed by atoms with Gasteiger partial charge in [-0.1, -0.05) is 0 Å². The molecule has 11 heavy (non-hydrogen) atoms. The molecule has 0 N–H and O–H groups in total. The first kappa shape index (κ1) is 7.13. The van der Waals surface area contributed by atoms with Crippen LogP contribution in [-0.4, -0.2) is 26.3 Å². The molecule has 1 fully saturated rings. The van der Waals surface area contributed by atoms with Crippen LogP contribution >= 0.6 is 11.3 Å². The fraction of sp³-hybridized carbons (Fsp3) is 0.500. The average molecular weight is 168 g/mol. The van der Waals surface area contributed by atoms with Crippen molar-refractivity contribution in [1.29, 1.82) is 0 Å². The van der Waals surface area contributed by atoms with Crippen molar-refractivity contribution in [2.45, 2.75) is 0 Å². The zero-order chi connectivity index (χ0) is 7.52. The fourth-order valence-corrected chi connectivity index (χ4v) is 1.90. The first-order chi connectivity index (χ1) is 5.47. The van der Waals surface area contributed by atoms with E-state index in [-0.39, 0.29) is 0 Å². The van der Waals surface area contributed by atoms with Gasteiger partial charge in [0.25, 0.3) is 0 Å². The van der Waals surface area contributed by atoms with Crippen LogP contribution in [0.5, 0.6) is 0 Å². The van der Waals surface area contributed by atoms with Crippen LogP contribution in [0.1, 0.15) is 0 Å². The Kier molecular flexibility index (Phi) is 2.10. The Hall–Kier alpha value is -0.540. The van der Waals surface area contributed by atoms with E-state index in [1.54, 1.807) is 11.3 Å². The molecule has 0 bridgehead atoms. The fourth-order valence-electron chi connectivity index (χ4n) is 1.17. The van der Waals surface area contributed by atoms with Crippen molar-refractivity contribution in [3.8, 4) is 0 Å². The number of anilines is 1. The molecule has 59 valence electrons. The Morgan fingerprint density at radius 3 is 2.91 bits per heavy atom. The van der Waals surface area contributed by atoms with Crippen LogP contribution in [0, 0.1) is 6.07 Å². The van der Waals surface area contributed by atoms with Crippen LogP contribution < -0.4 is 4.90 Å². The molecule has 2 rings (SSSR count). The number of thiophene rings is 1. The van der Waals surface area contributed by atoms with Gasteiger partial charge in [-0.05, 0) is 11.4 Å². The van der Waals surface area contributed by atoms with Gasteiger partial charge in [-0.3, -0.25) is 0 Å². The maximum absolute atomic E-state index is 5.25. The van der Waals surface area contributed by atoms with Gasteiger partial charge in [-0.15, -0.1) is 11.3 Å². The zero-order valence-electron chi connectivity index (χ0n) is 6.25. The second-order valence-corrected chi connectivity index (χ2v) is 3.36. The Balaban J connectivity index is 2.04. The third kappa shape index (κ3) is 1.54. The lowest BCUT2D eigenvalue weighted by atomic mass is 10.4. The highest BCUT2D eigenvalue weighted by Crippen LogP contribution is 2.20. The van der Waals surface area contributed by atoms with E-state index in [2.05, 4.69) is 16.3 Å². The van der Waals surface area contributed by atoms with Gasteiger partial charge in [0.05, 0.1) is 18.2 Å². The van der Waals surface area contributed by atoms with Crippen molar-refractivity contribution >= 4 is 16.3 Å². The predicted octanol–water partition coefficient (Wildman–Crippen LogP) is 1.38. The Labute approximate surface area is 70.4 Å². The summed E-state index contributed by atoms with van der Waals surface area (Å²) < 4.78 is 5.25. The van der Waals surface area contributed by atoms with Crippen LogP contribution in [0.15, 0.2) is 11.4 Å². The molecule has 1 saturated heterocycles. The van der Waals surface area contributed by atoms with Crippen molar-refractivity contribution in [3.05, 3.63) is 17.5 Å². The molecule has 1 aromatic rings. The molecule has 0 atom stereocenters. The van der Waals surface area contributed by atoms with E-state index >= 15 is 0 Å². The van der Waals surface area contributed by atoms with E-state index in [1.165, 1.54) is 5.00 Å². The summed E-state index contributed by atoms with van der Waals surface area (Å²) in [6.45, 7) is 3.73. The average Bonchev–Trinajstić information content (AvgIpc) is 2.58. The minimum absolute atomic E-state index is 0.853. The lowest BCUT2D eigenvalue weighted by Crippen LogP contribution is -2.35. The van der Waals surface area contributed by atoms with Crippen LogP contribution in [0.4, 0.5) is 5.00 Å². The monoisotopic (exact) mass is 168 g/mol. The van der Waals surface area contributed by atoms with E-state index in [0.717, 1.165) is 26.3 Å². The lowest BCUT2D eigenvalue weighted by molar-refractivity contribution is 0.123. The normalized spacial score (nSPS) is 18.7. The largest absolute Gasteiger partial charge is 0.378 e. The number of hydrogen-bond acceptors (Lipinski definition) is 3. The molecule has 1 aromatic heterocycles. The molecule has 2 heterocycles. The van der Waals surface area contributed by atoms with E-state index in [4.69, 9.17) is 4.74 Å². The van der Waals surface area contributed by atoms with Crippen LogP contribution in [0.3, 0.4) is 0 Å². The first-order valence-corrected chi connectivity index (χ1v) is 4.62. The highest BCUT2D eigenvalue weighted by atomic mass is 32.1. The number of nitrogens with zero attached hydrogens (tertiary/aromatic N) is 1. The molecular weight excluding hydrogens is 158 g/mol. The molecule has 0 unspecified atom stereocenters. The summed E-state index contributed by atoms with van der Waals surface area (Å²) in [6.07, 6.45) is 0. The summed E-state index contributed by atoms with van der Waals surface area (Å²) in [5.74, 6) is 0. The smallest absolute Gasteiger partial charge is 0.0991 e. The third-order valence-electron chi connectivity index (χ3n) is 1.75. The highest BCUT2D eigenvalue weighted by molar-refractivity contribution is 7.14. The van der Waals surface area contributed by atoms with Crippen molar-refractivity contribution in [2.75, 3.05) is 31.2 Å². The Morgan fingerprint density at radius 1 is 1.45 bits per heavy atom. The molecule has 0 aromatic carbocycles. The van der Waals surface area contributed by atoms with Crippen molar-refractivity contribution in [3.63, 3.8) is 0 Å². The maximum Gasteiger partial charge on any atom is 0.0991 e. The van der Waals surface area contributed by atoms with E-state index in [1.807, 2.05) is 6.07 Å². The van der Waals surface area contributed by atoms with Crippen LogP contribution in [0.25, 0.3) is 0 Å². The number of hydrogen-bond donors (Lipinski definition) is 0. The molecule has 0 aliphatic carbocycles. The van der Waals surface area contributed by atoms with Crippen molar-refractivity contribution in [1.82, 2.24) is 0 Å². The molecular formula is C8H10NOS. The summed E-state index contributed by atoms with van der Waals surface area (Å²) in [6, 6.07) is 5.16. The molecule has 2 nitrogen and oxygen atoms in total. The van der Waals surface area contributed by atoms with Gasteiger partial charge >= 0.3 is 0 Å². The number of morpholine rings is 1. The van der Waals surface area contributed by atoms with Gasteiger partial charge in [0.2, 0.25) is 0 Å². The zero-order valence-corrected chi connectivity index (χ0v) is 7.06. The second-order valence-electron chi connectivity index (χ2n) is 2.47. The lowest BCUT2D eigenvalue weighted by Gasteiger charge is -2.26. The summed E-state index contributed by atoms with van der Waals surface area (Å²) >= 11 is 1.74. The van der Waals surface area contributed by atoms with Gasteiger partial charge < -0.3 is 9.64 Å². The summed E-state index contributed by atoms with van der Waals surface area (Å²) in [7, 11) is 0. The molecule has 0 spiro atoms. The summed E-state index contributed by atoms with van der Waals surface area (Å²) in [4.78, 5) is 2.31. The van der Waals surface area contributed by atoms with Gasteiger partial charge in [0, 0.05) is 19.2 Å². The maximum atomic E-state index is 5.25. The molecule has 3 heteroatoms. The van der Waals surface area contributed by atoms with Gasteiger partial charge in [0.15, 0.2) is 0 Å². The van der Waals surface area contributed by atoms with Crippen LogP contribution in [-0.2, 0) is 4.74 Å². The SMILES string of the molecule is [c]1ccsc1N1CCOCC1.